The van der Waals surface area contributed by atoms with Crippen LogP contribution in [-0.2, 0) is 0 Å². The van der Waals surface area contributed by atoms with Crippen LogP contribution in [0.25, 0.3) is 0 Å². The van der Waals surface area contributed by atoms with Crippen molar-refractivity contribution in [1.82, 2.24) is 4.98 Å². The molecule has 1 aromatic rings. The maximum Gasteiger partial charge on any atom is 0.311 e. The van der Waals surface area contributed by atoms with E-state index in [0.717, 1.165) is 6.42 Å². The molecule has 3 N–H and O–H groups in total. The lowest BCUT2D eigenvalue weighted by Crippen LogP contribution is -2.28. The van der Waals surface area contributed by atoms with Crippen LogP contribution in [0.2, 0.25) is 0 Å². The third kappa shape index (κ3) is 2.89. The van der Waals surface area contributed by atoms with Crippen molar-refractivity contribution in [2.45, 2.75) is 19.4 Å². The molecule has 7 heteroatoms. The number of nitro groups is 1. The molecule has 1 unspecified atom stereocenters. The molecule has 0 aliphatic carbocycles. The van der Waals surface area contributed by atoms with Crippen LogP contribution in [0.15, 0.2) is 16.9 Å². The Labute approximate surface area is 102 Å². The molecular weight excluding hydrogens is 276 g/mol. The highest BCUT2D eigenvalue weighted by atomic mass is 79.9. The Bertz CT molecular complexity index is 382. The number of aromatic nitrogens is 1. The van der Waals surface area contributed by atoms with Crippen molar-refractivity contribution in [3.8, 4) is 0 Å². The Morgan fingerprint density at radius 3 is 2.88 bits per heavy atom. The fourth-order valence-electron chi connectivity index (χ4n) is 1.24. The standard InChI is InChI=1S/C9H13BrN4O2/c1-2-6(3-11)13-9-7(10)4-12-5-8(9)14(15)16/h4-6H,2-3,11H2,1H3,(H,12,13). The predicted molar refractivity (Wildman–Crippen MR) is 65.3 cm³/mol. The zero-order valence-electron chi connectivity index (χ0n) is 8.81. The molecule has 0 aliphatic heterocycles. The van der Waals surface area contributed by atoms with E-state index in [9.17, 15) is 10.1 Å². The van der Waals surface area contributed by atoms with Gasteiger partial charge in [-0.1, -0.05) is 6.92 Å². The SMILES string of the molecule is CCC(CN)Nc1c(Br)cncc1[N+](=O)[O-]. The molecule has 88 valence electrons. The Balaban J connectivity index is 3.05. The molecule has 1 rings (SSSR count). The largest absolute Gasteiger partial charge is 0.374 e. The molecule has 1 atom stereocenters. The summed E-state index contributed by atoms with van der Waals surface area (Å²) >= 11 is 3.23. The molecule has 6 nitrogen and oxygen atoms in total. The van der Waals surface area contributed by atoms with E-state index in [1.807, 2.05) is 6.92 Å². The van der Waals surface area contributed by atoms with Crippen LogP contribution in [-0.4, -0.2) is 22.5 Å². The van der Waals surface area contributed by atoms with Crippen molar-refractivity contribution >= 4 is 27.3 Å². The monoisotopic (exact) mass is 288 g/mol. The van der Waals surface area contributed by atoms with Gasteiger partial charge in [0.1, 0.15) is 11.9 Å². The van der Waals surface area contributed by atoms with E-state index in [4.69, 9.17) is 5.73 Å². The second-order valence-corrected chi connectivity index (χ2v) is 4.11. The van der Waals surface area contributed by atoms with E-state index in [2.05, 4.69) is 26.2 Å². The summed E-state index contributed by atoms with van der Waals surface area (Å²) in [6.07, 6.45) is 3.53. The average molecular weight is 289 g/mol. The fourth-order valence-corrected chi connectivity index (χ4v) is 1.67. The van der Waals surface area contributed by atoms with Gasteiger partial charge in [-0.3, -0.25) is 15.1 Å². The number of hydrogen-bond acceptors (Lipinski definition) is 5. The second kappa shape index (κ2) is 5.76. The minimum atomic E-state index is -0.469. The zero-order chi connectivity index (χ0) is 12.1. The van der Waals surface area contributed by atoms with E-state index < -0.39 is 4.92 Å². The van der Waals surface area contributed by atoms with Gasteiger partial charge in [-0.05, 0) is 22.4 Å². The number of nitrogens with one attached hydrogen (secondary N) is 1. The first-order valence-corrected chi connectivity index (χ1v) is 5.64. The van der Waals surface area contributed by atoms with Gasteiger partial charge in [0.2, 0.25) is 0 Å². The van der Waals surface area contributed by atoms with Gasteiger partial charge >= 0.3 is 5.69 Å². The third-order valence-electron chi connectivity index (χ3n) is 2.20. The summed E-state index contributed by atoms with van der Waals surface area (Å²) in [5.74, 6) is 0. The molecule has 16 heavy (non-hydrogen) atoms. The van der Waals surface area contributed by atoms with Crippen molar-refractivity contribution in [1.29, 1.82) is 0 Å². The van der Waals surface area contributed by atoms with E-state index in [1.54, 1.807) is 0 Å². The van der Waals surface area contributed by atoms with Crippen LogP contribution in [0.3, 0.4) is 0 Å². The molecule has 1 heterocycles. The summed E-state index contributed by atoms with van der Waals surface area (Å²) in [5, 5.41) is 13.8. The molecule has 0 radical (unpaired) electrons. The molecule has 0 fully saturated rings. The summed E-state index contributed by atoms with van der Waals surface area (Å²) in [5.41, 5.74) is 5.92. The average Bonchev–Trinajstić information content (AvgIpc) is 2.27. The third-order valence-corrected chi connectivity index (χ3v) is 2.80. The highest BCUT2D eigenvalue weighted by Gasteiger charge is 2.19. The molecule has 0 saturated carbocycles. The first-order chi connectivity index (χ1) is 7.60. The van der Waals surface area contributed by atoms with E-state index in [0.29, 0.717) is 16.7 Å². The first kappa shape index (κ1) is 12.9. The van der Waals surface area contributed by atoms with Gasteiger partial charge in [-0.25, -0.2) is 0 Å². The lowest BCUT2D eigenvalue weighted by Gasteiger charge is -2.16. The molecule has 0 saturated heterocycles. The molecular formula is C9H13BrN4O2. The maximum atomic E-state index is 10.8. The smallest absolute Gasteiger partial charge is 0.311 e. The molecule has 0 amide bonds. The van der Waals surface area contributed by atoms with E-state index in [1.165, 1.54) is 12.4 Å². The van der Waals surface area contributed by atoms with Crippen LogP contribution >= 0.6 is 15.9 Å². The Morgan fingerprint density at radius 1 is 1.69 bits per heavy atom. The van der Waals surface area contributed by atoms with Crippen LogP contribution in [0.1, 0.15) is 13.3 Å². The van der Waals surface area contributed by atoms with Gasteiger partial charge in [0.15, 0.2) is 0 Å². The van der Waals surface area contributed by atoms with Gasteiger partial charge in [-0.15, -0.1) is 0 Å². The number of anilines is 1. The fraction of sp³-hybridized carbons (Fsp3) is 0.444. The normalized spacial score (nSPS) is 12.2. The molecule has 0 aliphatic rings. The van der Waals surface area contributed by atoms with E-state index >= 15 is 0 Å². The number of hydrogen-bond donors (Lipinski definition) is 2. The Morgan fingerprint density at radius 2 is 2.38 bits per heavy atom. The van der Waals surface area contributed by atoms with Crippen LogP contribution < -0.4 is 11.1 Å². The molecule has 0 bridgehead atoms. The topological polar surface area (TPSA) is 94.1 Å². The van der Waals surface area contributed by atoms with Crippen LogP contribution in [0, 0.1) is 10.1 Å². The Kier molecular flexibility index (Phi) is 4.63. The predicted octanol–water partition coefficient (Wildman–Crippen LogP) is 1.90. The van der Waals surface area contributed by atoms with Crippen molar-refractivity contribution < 1.29 is 4.92 Å². The molecule has 1 aromatic heterocycles. The highest BCUT2D eigenvalue weighted by Crippen LogP contribution is 2.31. The number of pyridine rings is 1. The number of nitrogens with zero attached hydrogens (tertiary/aromatic N) is 2. The lowest BCUT2D eigenvalue weighted by molar-refractivity contribution is -0.384. The summed E-state index contributed by atoms with van der Waals surface area (Å²) < 4.78 is 0.564. The van der Waals surface area contributed by atoms with Gasteiger partial charge < -0.3 is 11.1 Å². The first-order valence-electron chi connectivity index (χ1n) is 4.84. The summed E-state index contributed by atoms with van der Waals surface area (Å²) in [4.78, 5) is 14.1. The highest BCUT2D eigenvalue weighted by molar-refractivity contribution is 9.10. The minimum Gasteiger partial charge on any atom is -0.374 e. The van der Waals surface area contributed by atoms with Crippen LogP contribution in [0.5, 0.6) is 0 Å². The van der Waals surface area contributed by atoms with Gasteiger partial charge in [0, 0.05) is 18.8 Å². The van der Waals surface area contributed by atoms with Crippen molar-refractivity contribution in [3.63, 3.8) is 0 Å². The summed E-state index contributed by atoms with van der Waals surface area (Å²) in [6.45, 7) is 2.38. The number of nitrogens with two attached hydrogens (primary N) is 1. The quantitative estimate of drug-likeness (QED) is 0.637. The summed E-state index contributed by atoms with van der Waals surface area (Å²) in [7, 11) is 0. The number of rotatable bonds is 5. The zero-order valence-corrected chi connectivity index (χ0v) is 10.4. The van der Waals surface area contributed by atoms with Crippen molar-refractivity contribution in [2.75, 3.05) is 11.9 Å². The summed E-state index contributed by atoms with van der Waals surface area (Å²) in [6, 6.07) is 0.0115. The van der Waals surface area contributed by atoms with Gasteiger partial charge in [0.05, 0.1) is 9.40 Å². The molecule has 0 aromatic carbocycles. The van der Waals surface area contributed by atoms with Crippen LogP contribution in [0.4, 0.5) is 11.4 Å². The van der Waals surface area contributed by atoms with Gasteiger partial charge in [0.25, 0.3) is 0 Å². The van der Waals surface area contributed by atoms with Gasteiger partial charge in [-0.2, -0.15) is 0 Å². The Hall–Kier alpha value is -1.21. The minimum absolute atomic E-state index is 0.0115. The van der Waals surface area contributed by atoms with Crippen molar-refractivity contribution in [2.24, 2.45) is 5.73 Å². The van der Waals surface area contributed by atoms with E-state index in [-0.39, 0.29) is 11.7 Å². The van der Waals surface area contributed by atoms with Crippen molar-refractivity contribution in [3.05, 3.63) is 27.0 Å². The molecule has 0 spiro atoms. The number of halogens is 1. The lowest BCUT2D eigenvalue weighted by atomic mass is 10.2. The second-order valence-electron chi connectivity index (χ2n) is 3.26. The maximum absolute atomic E-state index is 10.8.